The third-order valence-electron chi connectivity index (χ3n) is 4.41. The van der Waals surface area contributed by atoms with E-state index in [9.17, 15) is 4.79 Å². The van der Waals surface area contributed by atoms with Crippen molar-refractivity contribution in [2.45, 2.75) is 52.6 Å². The molecular formula is C23H31NO3. The minimum absolute atomic E-state index is 0.0911. The number of amides is 1. The lowest BCUT2D eigenvalue weighted by Crippen LogP contribution is -2.37. The van der Waals surface area contributed by atoms with E-state index in [1.165, 1.54) is 5.56 Å². The molecule has 0 radical (unpaired) electrons. The maximum absolute atomic E-state index is 12.3. The van der Waals surface area contributed by atoms with Crippen molar-refractivity contribution in [2.75, 3.05) is 13.2 Å². The molecule has 2 aromatic rings. The van der Waals surface area contributed by atoms with Crippen LogP contribution in [0.3, 0.4) is 0 Å². The van der Waals surface area contributed by atoms with Gasteiger partial charge in [-0.2, -0.15) is 0 Å². The summed E-state index contributed by atoms with van der Waals surface area (Å²) in [7, 11) is 0. The van der Waals surface area contributed by atoms with Gasteiger partial charge in [0.2, 0.25) is 0 Å². The van der Waals surface area contributed by atoms with Gasteiger partial charge in [-0.3, -0.25) is 4.79 Å². The first-order valence-corrected chi connectivity index (χ1v) is 9.77. The first-order chi connectivity index (χ1) is 13.0. The lowest BCUT2D eigenvalue weighted by atomic mass is 10.0. The van der Waals surface area contributed by atoms with E-state index in [1.807, 2.05) is 49.4 Å². The molecule has 4 nitrogen and oxygen atoms in total. The first kappa shape index (κ1) is 20.8. The molecule has 27 heavy (non-hydrogen) atoms. The fourth-order valence-electron chi connectivity index (χ4n) is 2.95. The molecule has 0 unspecified atom stereocenters. The van der Waals surface area contributed by atoms with Gasteiger partial charge < -0.3 is 14.8 Å². The van der Waals surface area contributed by atoms with Crippen LogP contribution in [0.5, 0.6) is 11.5 Å². The summed E-state index contributed by atoms with van der Waals surface area (Å²) < 4.78 is 11.5. The molecule has 1 N–H and O–H groups in total. The van der Waals surface area contributed by atoms with Crippen molar-refractivity contribution in [1.82, 2.24) is 5.32 Å². The zero-order valence-corrected chi connectivity index (χ0v) is 16.8. The van der Waals surface area contributed by atoms with Gasteiger partial charge in [0, 0.05) is 6.54 Å². The lowest BCUT2D eigenvalue weighted by molar-refractivity contribution is -0.127. The van der Waals surface area contributed by atoms with E-state index in [4.69, 9.17) is 9.47 Å². The zero-order chi connectivity index (χ0) is 19.6. The Morgan fingerprint density at radius 3 is 2.37 bits per heavy atom. The number of aryl methyl sites for hydroxylation is 1. The number of para-hydroxylation sites is 2. The van der Waals surface area contributed by atoms with Crippen LogP contribution in [0.4, 0.5) is 0 Å². The minimum Gasteiger partial charge on any atom is -0.494 e. The van der Waals surface area contributed by atoms with Crippen LogP contribution in [0, 0.1) is 0 Å². The van der Waals surface area contributed by atoms with E-state index in [1.54, 1.807) is 6.92 Å². The number of benzene rings is 2. The third kappa shape index (κ3) is 6.31. The molecule has 0 aromatic heterocycles. The Labute approximate surface area is 162 Å². The molecule has 0 saturated carbocycles. The number of carbonyl (C=O) groups excluding carboxylic acids is 1. The summed E-state index contributed by atoms with van der Waals surface area (Å²) in [6, 6.07) is 15.9. The standard InChI is InChI=1S/C23H31NO3/c1-5-26-21-14-8-6-11-19(21)12-10-16-24-23(25)18(4)27-22-15-9-7-13-20(22)17(2)3/h6-9,11,13-15,17-18H,5,10,12,16H2,1-4H3,(H,24,25)/t18-/m1/s1. The molecule has 0 aliphatic carbocycles. The molecule has 0 bridgehead atoms. The number of hydrogen-bond donors (Lipinski definition) is 1. The maximum Gasteiger partial charge on any atom is 0.260 e. The molecule has 1 amide bonds. The second-order valence-electron chi connectivity index (χ2n) is 6.89. The van der Waals surface area contributed by atoms with Gasteiger partial charge in [0.1, 0.15) is 11.5 Å². The topological polar surface area (TPSA) is 47.6 Å². The largest absolute Gasteiger partial charge is 0.494 e. The molecule has 0 fully saturated rings. The van der Waals surface area contributed by atoms with Crippen molar-refractivity contribution < 1.29 is 14.3 Å². The van der Waals surface area contributed by atoms with Crippen molar-refractivity contribution >= 4 is 5.91 Å². The average Bonchev–Trinajstić information content (AvgIpc) is 2.66. The van der Waals surface area contributed by atoms with Crippen LogP contribution in [0.2, 0.25) is 0 Å². The number of carbonyl (C=O) groups is 1. The van der Waals surface area contributed by atoms with E-state index < -0.39 is 6.10 Å². The van der Waals surface area contributed by atoms with Gasteiger partial charge in [-0.15, -0.1) is 0 Å². The summed E-state index contributed by atoms with van der Waals surface area (Å²) in [5.41, 5.74) is 2.29. The Morgan fingerprint density at radius 1 is 1.00 bits per heavy atom. The highest BCUT2D eigenvalue weighted by Crippen LogP contribution is 2.26. The molecule has 4 heteroatoms. The summed E-state index contributed by atoms with van der Waals surface area (Å²) in [5.74, 6) is 1.96. The molecule has 2 aromatic carbocycles. The smallest absolute Gasteiger partial charge is 0.260 e. The minimum atomic E-state index is -0.527. The quantitative estimate of drug-likeness (QED) is 0.616. The molecule has 0 heterocycles. The monoisotopic (exact) mass is 369 g/mol. The normalized spacial score (nSPS) is 11.9. The van der Waals surface area contributed by atoms with Gasteiger partial charge in [0.05, 0.1) is 6.61 Å². The summed E-state index contributed by atoms with van der Waals surface area (Å²) in [5, 5.41) is 2.97. The van der Waals surface area contributed by atoms with Gasteiger partial charge >= 0.3 is 0 Å². The molecule has 0 aliphatic heterocycles. The van der Waals surface area contributed by atoms with E-state index in [2.05, 4.69) is 25.2 Å². The van der Waals surface area contributed by atoms with Crippen LogP contribution in [0.15, 0.2) is 48.5 Å². The molecule has 0 spiro atoms. The molecule has 1 atom stereocenters. The molecular weight excluding hydrogens is 338 g/mol. The van der Waals surface area contributed by atoms with Crippen molar-refractivity contribution in [1.29, 1.82) is 0 Å². The average molecular weight is 370 g/mol. The fraction of sp³-hybridized carbons (Fsp3) is 0.435. The molecule has 0 saturated heterocycles. The Balaban J connectivity index is 1.81. The lowest BCUT2D eigenvalue weighted by Gasteiger charge is -2.18. The van der Waals surface area contributed by atoms with Crippen LogP contribution in [0.25, 0.3) is 0 Å². The third-order valence-corrected chi connectivity index (χ3v) is 4.41. The van der Waals surface area contributed by atoms with Crippen LogP contribution >= 0.6 is 0 Å². The highest BCUT2D eigenvalue weighted by molar-refractivity contribution is 5.80. The zero-order valence-electron chi connectivity index (χ0n) is 16.8. The molecule has 2 rings (SSSR count). The van der Waals surface area contributed by atoms with Crippen LogP contribution < -0.4 is 14.8 Å². The second-order valence-corrected chi connectivity index (χ2v) is 6.89. The van der Waals surface area contributed by atoms with Gasteiger partial charge in [-0.05, 0) is 55.9 Å². The van der Waals surface area contributed by atoms with E-state index in [0.29, 0.717) is 19.1 Å². The number of hydrogen-bond acceptors (Lipinski definition) is 3. The van der Waals surface area contributed by atoms with Crippen molar-refractivity contribution in [3.05, 3.63) is 59.7 Å². The fourth-order valence-corrected chi connectivity index (χ4v) is 2.95. The van der Waals surface area contributed by atoms with Gasteiger partial charge in [-0.1, -0.05) is 50.2 Å². The van der Waals surface area contributed by atoms with Gasteiger partial charge in [0.25, 0.3) is 5.91 Å². The summed E-state index contributed by atoms with van der Waals surface area (Å²) in [6.07, 6.45) is 1.19. The Bertz CT molecular complexity index is 727. The van der Waals surface area contributed by atoms with E-state index >= 15 is 0 Å². The predicted molar refractivity (Wildman–Crippen MR) is 110 cm³/mol. The summed E-state index contributed by atoms with van der Waals surface area (Å²) >= 11 is 0. The van der Waals surface area contributed by atoms with Crippen molar-refractivity contribution in [3.8, 4) is 11.5 Å². The highest BCUT2D eigenvalue weighted by atomic mass is 16.5. The van der Waals surface area contributed by atoms with E-state index in [-0.39, 0.29) is 5.91 Å². The predicted octanol–water partition coefficient (Wildman–Crippen LogP) is 4.73. The van der Waals surface area contributed by atoms with Crippen LogP contribution in [0.1, 0.15) is 51.2 Å². The highest BCUT2D eigenvalue weighted by Gasteiger charge is 2.16. The van der Waals surface area contributed by atoms with Crippen molar-refractivity contribution in [3.63, 3.8) is 0 Å². The number of nitrogens with one attached hydrogen (secondary N) is 1. The SMILES string of the molecule is CCOc1ccccc1CCCNC(=O)[C@@H](C)Oc1ccccc1C(C)C. The van der Waals surface area contributed by atoms with Gasteiger partial charge in [0.15, 0.2) is 6.10 Å². The second kappa shape index (κ2) is 10.6. The molecule has 0 aliphatic rings. The van der Waals surface area contributed by atoms with Gasteiger partial charge in [-0.25, -0.2) is 0 Å². The Kier molecular flexibility index (Phi) is 8.18. The summed E-state index contributed by atoms with van der Waals surface area (Å²) in [6.45, 7) is 9.27. The number of ether oxygens (including phenoxy) is 2. The first-order valence-electron chi connectivity index (χ1n) is 9.77. The number of rotatable bonds is 10. The van der Waals surface area contributed by atoms with Crippen LogP contribution in [-0.2, 0) is 11.2 Å². The Morgan fingerprint density at radius 2 is 1.67 bits per heavy atom. The summed E-state index contributed by atoms with van der Waals surface area (Å²) in [4.78, 5) is 12.3. The van der Waals surface area contributed by atoms with E-state index in [0.717, 1.165) is 29.9 Å². The Hall–Kier alpha value is -2.49. The van der Waals surface area contributed by atoms with Crippen LogP contribution in [-0.4, -0.2) is 25.2 Å². The maximum atomic E-state index is 12.3. The van der Waals surface area contributed by atoms with Crippen molar-refractivity contribution in [2.24, 2.45) is 0 Å². The molecule has 146 valence electrons.